The fourth-order valence-electron chi connectivity index (χ4n) is 5.42. The third kappa shape index (κ3) is 6.91. The predicted octanol–water partition coefficient (Wildman–Crippen LogP) is 5.25. The van der Waals surface area contributed by atoms with Gasteiger partial charge in [0.05, 0.1) is 27.2 Å². The number of para-hydroxylation sites is 1. The van der Waals surface area contributed by atoms with Gasteiger partial charge < -0.3 is 20.1 Å². The Labute approximate surface area is 250 Å². The Bertz CT molecular complexity index is 1520. The maximum Gasteiger partial charge on any atom is 0.405 e. The van der Waals surface area contributed by atoms with Crippen molar-refractivity contribution >= 4 is 54.9 Å². The number of anilines is 2. The van der Waals surface area contributed by atoms with Crippen LogP contribution in [0.5, 0.6) is 0 Å². The third-order valence-corrected chi connectivity index (χ3v) is 9.85. The molecule has 16 heteroatoms. The highest BCUT2D eigenvalue weighted by molar-refractivity contribution is 7.89. The molecule has 0 amide bonds. The number of hydrogen-bond donors (Lipinski definition) is 3. The summed E-state index contributed by atoms with van der Waals surface area (Å²) in [7, 11) is -3.53. The molecule has 2 fully saturated rings. The van der Waals surface area contributed by atoms with Crippen LogP contribution in [0, 0.1) is 12.8 Å². The fourth-order valence-corrected chi connectivity index (χ4v) is 7.91. The molecule has 1 saturated carbocycles. The molecule has 1 aliphatic carbocycles. The van der Waals surface area contributed by atoms with E-state index in [1.165, 1.54) is 11.3 Å². The summed E-state index contributed by atoms with van der Waals surface area (Å²) < 4.78 is 80.3. The van der Waals surface area contributed by atoms with Crippen LogP contribution in [0.4, 0.5) is 24.9 Å². The number of hydrogen-bond acceptors (Lipinski definition) is 10. The van der Waals surface area contributed by atoms with Crippen LogP contribution in [0.2, 0.25) is 0 Å². The zero-order chi connectivity index (χ0) is 30.3. The molecule has 0 unspecified atom stereocenters. The van der Waals surface area contributed by atoms with Gasteiger partial charge in [-0.05, 0) is 52.2 Å². The minimum atomic E-state index is -4.47. The molecule has 230 valence electrons. The lowest BCUT2D eigenvalue weighted by atomic mass is 10.0. The predicted molar refractivity (Wildman–Crippen MR) is 156 cm³/mol. The summed E-state index contributed by atoms with van der Waals surface area (Å²) in [4.78, 5) is 13.5. The molecule has 0 bridgehead atoms. The Kier molecular flexibility index (Phi) is 8.64. The van der Waals surface area contributed by atoms with Crippen molar-refractivity contribution in [1.82, 2.24) is 19.7 Å². The van der Waals surface area contributed by atoms with Crippen molar-refractivity contribution in [3.05, 3.63) is 30.0 Å². The molecular weight excluding hydrogens is 617 g/mol. The Hall–Kier alpha value is -2.30. The maximum atomic E-state index is 13.0. The van der Waals surface area contributed by atoms with Gasteiger partial charge in [-0.3, -0.25) is 0 Å². The number of aromatic nitrogens is 3. The van der Waals surface area contributed by atoms with E-state index in [1.54, 1.807) is 20.8 Å². The van der Waals surface area contributed by atoms with Crippen molar-refractivity contribution in [2.24, 2.45) is 5.92 Å². The number of nitrogens with one attached hydrogen (secondary N) is 3. The molecule has 5 rings (SSSR count). The van der Waals surface area contributed by atoms with Crippen molar-refractivity contribution in [1.29, 1.82) is 0 Å². The standard InChI is InChI=1S/C26H32ClF3N6O4S2/c1-15-19(22-34-17-7-4-5-8-18(17)41-22)21(35-23(33-15)31-14-26(28,29)30)36-25-10-9-16(20(25)39-24(2,3)40-25)13-32-42(37,38)12-6-11-27/h4-5,7-8,16,20,32H,6,9-14H2,1-3H3,(H2,31,33,35,36)/t16-,20-,25-/m1/s1. The van der Waals surface area contributed by atoms with Gasteiger partial charge in [-0.25, -0.2) is 23.1 Å². The van der Waals surface area contributed by atoms with Gasteiger partial charge in [0.2, 0.25) is 16.0 Å². The Balaban J connectivity index is 1.50. The van der Waals surface area contributed by atoms with Crippen LogP contribution in [0.25, 0.3) is 20.8 Å². The fraction of sp³-hybridized carbons (Fsp3) is 0.577. The van der Waals surface area contributed by atoms with Gasteiger partial charge in [-0.15, -0.1) is 22.9 Å². The van der Waals surface area contributed by atoms with Gasteiger partial charge in [0, 0.05) is 18.3 Å². The van der Waals surface area contributed by atoms with Gasteiger partial charge in [0.1, 0.15) is 23.5 Å². The van der Waals surface area contributed by atoms with E-state index >= 15 is 0 Å². The summed E-state index contributed by atoms with van der Waals surface area (Å²) in [6.45, 7) is 4.02. The van der Waals surface area contributed by atoms with Gasteiger partial charge >= 0.3 is 6.18 Å². The number of sulfonamides is 1. The molecular formula is C26H32ClF3N6O4S2. The Morgan fingerprint density at radius 2 is 1.95 bits per heavy atom. The van der Waals surface area contributed by atoms with Crippen LogP contribution in [0.15, 0.2) is 24.3 Å². The summed E-state index contributed by atoms with van der Waals surface area (Å²) in [5.41, 5.74) is 0.579. The number of rotatable bonds is 11. The highest BCUT2D eigenvalue weighted by atomic mass is 35.5. The van der Waals surface area contributed by atoms with Crippen LogP contribution >= 0.6 is 22.9 Å². The summed E-state index contributed by atoms with van der Waals surface area (Å²) in [5.74, 6) is -1.09. The lowest BCUT2D eigenvalue weighted by molar-refractivity contribution is -0.166. The number of halogens is 4. The first-order valence-electron chi connectivity index (χ1n) is 13.4. The Morgan fingerprint density at radius 3 is 2.67 bits per heavy atom. The number of alkyl halides is 4. The van der Waals surface area contributed by atoms with Crippen molar-refractivity contribution in [3.8, 4) is 10.6 Å². The topological polar surface area (TPSA) is 127 Å². The molecule has 0 spiro atoms. The molecule has 3 aromatic rings. The highest BCUT2D eigenvalue weighted by Gasteiger charge is 2.60. The van der Waals surface area contributed by atoms with Crippen molar-refractivity contribution in [2.45, 2.75) is 63.8 Å². The summed E-state index contributed by atoms with van der Waals surface area (Å²) in [6, 6.07) is 7.57. The summed E-state index contributed by atoms with van der Waals surface area (Å²) >= 11 is 7.08. The minimum Gasteiger partial charge on any atom is -0.345 e. The Morgan fingerprint density at radius 1 is 1.19 bits per heavy atom. The number of nitrogens with zero attached hydrogens (tertiary/aromatic N) is 3. The van der Waals surface area contributed by atoms with Crippen LogP contribution < -0.4 is 15.4 Å². The van der Waals surface area contributed by atoms with Crippen LogP contribution in [-0.4, -0.2) is 71.9 Å². The monoisotopic (exact) mass is 648 g/mol. The molecule has 0 radical (unpaired) electrons. The third-order valence-electron chi connectivity index (χ3n) is 7.10. The molecule has 1 aromatic carbocycles. The maximum absolute atomic E-state index is 13.0. The van der Waals surface area contributed by atoms with Crippen molar-refractivity contribution in [3.63, 3.8) is 0 Å². The normalized spacial score (nSPS) is 23.8. The van der Waals surface area contributed by atoms with Crippen LogP contribution in [-0.2, 0) is 19.5 Å². The number of thiazole rings is 1. The van der Waals surface area contributed by atoms with E-state index in [2.05, 4.69) is 25.3 Å². The zero-order valence-corrected chi connectivity index (χ0v) is 25.6. The average Bonchev–Trinajstić information content (AvgIpc) is 3.53. The summed E-state index contributed by atoms with van der Waals surface area (Å²) in [5, 5.41) is 6.23. The average molecular weight is 649 g/mol. The minimum absolute atomic E-state index is 0.0838. The number of fused-ring (bicyclic) bond motifs is 2. The molecule has 1 aliphatic heterocycles. The lowest BCUT2D eigenvalue weighted by Gasteiger charge is -2.31. The van der Waals surface area contributed by atoms with Crippen LogP contribution in [0.1, 0.15) is 38.8 Å². The molecule has 2 aromatic heterocycles. The van der Waals surface area contributed by atoms with Gasteiger partial charge in [-0.2, -0.15) is 18.2 Å². The first-order chi connectivity index (χ1) is 19.7. The first kappa shape index (κ1) is 31.1. The SMILES string of the molecule is Cc1nc(NCC(F)(F)F)nc(N[C@@]23CC[C@H](CNS(=O)(=O)CCCCl)[C@H]2OC(C)(C)O3)c1-c1nc2ccccc2s1. The second-order valence-electron chi connectivity index (χ2n) is 10.9. The summed E-state index contributed by atoms with van der Waals surface area (Å²) in [6.07, 6.45) is -3.74. The van der Waals surface area contributed by atoms with Crippen molar-refractivity contribution in [2.75, 3.05) is 35.4 Å². The molecule has 3 atom stereocenters. The lowest BCUT2D eigenvalue weighted by Crippen LogP contribution is -2.47. The van der Waals surface area contributed by atoms with E-state index in [0.29, 0.717) is 35.5 Å². The molecule has 42 heavy (non-hydrogen) atoms. The van der Waals surface area contributed by atoms with Gasteiger partial charge in [0.15, 0.2) is 11.5 Å². The zero-order valence-electron chi connectivity index (χ0n) is 23.2. The second-order valence-corrected chi connectivity index (χ2v) is 14.2. The molecule has 10 nitrogen and oxygen atoms in total. The van der Waals surface area contributed by atoms with E-state index in [0.717, 1.165) is 10.2 Å². The first-order valence-corrected chi connectivity index (χ1v) is 16.4. The van der Waals surface area contributed by atoms with Crippen molar-refractivity contribution < 1.29 is 31.1 Å². The molecule has 3 heterocycles. The second kappa shape index (κ2) is 11.7. The number of benzene rings is 1. The molecule has 1 saturated heterocycles. The molecule has 3 N–H and O–H groups in total. The number of aryl methyl sites for hydroxylation is 1. The largest absolute Gasteiger partial charge is 0.405 e. The quantitative estimate of drug-likeness (QED) is 0.239. The van der Waals surface area contributed by atoms with Crippen LogP contribution in [0.3, 0.4) is 0 Å². The van der Waals surface area contributed by atoms with E-state index in [1.807, 2.05) is 24.3 Å². The van der Waals surface area contributed by atoms with E-state index in [4.69, 9.17) is 26.1 Å². The molecule has 2 aliphatic rings. The number of ether oxygens (including phenoxy) is 2. The van der Waals surface area contributed by atoms with E-state index < -0.39 is 40.4 Å². The van der Waals surface area contributed by atoms with E-state index in [9.17, 15) is 21.6 Å². The van der Waals surface area contributed by atoms with Gasteiger partial charge in [0.25, 0.3) is 0 Å². The highest BCUT2D eigenvalue weighted by Crippen LogP contribution is 2.50. The van der Waals surface area contributed by atoms with E-state index in [-0.39, 0.29) is 35.9 Å². The smallest absolute Gasteiger partial charge is 0.345 e. The van der Waals surface area contributed by atoms with Gasteiger partial charge in [-0.1, -0.05) is 12.1 Å².